The van der Waals surface area contributed by atoms with Crippen LogP contribution in [-0.4, -0.2) is 37.1 Å². The number of ether oxygens (including phenoxy) is 2. The van der Waals surface area contributed by atoms with Gasteiger partial charge in [0.1, 0.15) is 0 Å². The second-order valence-electron chi connectivity index (χ2n) is 5.80. The Morgan fingerprint density at radius 2 is 1.91 bits per heavy atom. The van der Waals surface area contributed by atoms with E-state index >= 15 is 0 Å². The highest BCUT2D eigenvalue weighted by molar-refractivity contribution is 5.91. The molecule has 0 radical (unpaired) electrons. The molecular weight excluding hydrogens is 278 g/mol. The molecule has 1 aliphatic heterocycles. The van der Waals surface area contributed by atoms with E-state index < -0.39 is 0 Å². The fraction of sp³-hybridized carbons (Fsp3) is 0.500. The van der Waals surface area contributed by atoms with Crippen LogP contribution < -0.4 is 9.47 Å². The molecule has 120 valence electrons. The number of hydrogen-bond acceptors (Lipinski definition) is 3. The molecule has 4 nitrogen and oxygen atoms in total. The van der Waals surface area contributed by atoms with Gasteiger partial charge in [-0.15, -0.1) is 0 Å². The molecule has 1 heterocycles. The number of rotatable bonds is 5. The summed E-state index contributed by atoms with van der Waals surface area (Å²) in [6.07, 6.45) is 7.00. The number of piperidine rings is 1. The van der Waals surface area contributed by atoms with Crippen LogP contribution in [0.5, 0.6) is 11.5 Å². The molecule has 1 aliphatic rings. The molecule has 22 heavy (non-hydrogen) atoms. The van der Waals surface area contributed by atoms with E-state index in [1.165, 1.54) is 6.42 Å². The Kier molecular flexibility index (Phi) is 5.87. The van der Waals surface area contributed by atoms with E-state index in [0.717, 1.165) is 37.2 Å². The van der Waals surface area contributed by atoms with Crippen molar-refractivity contribution < 1.29 is 14.3 Å². The smallest absolute Gasteiger partial charge is 0.246 e. The zero-order valence-electron chi connectivity index (χ0n) is 13.7. The summed E-state index contributed by atoms with van der Waals surface area (Å²) >= 11 is 0. The second-order valence-corrected chi connectivity index (χ2v) is 5.80. The maximum absolute atomic E-state index is 12.1. The molecule has 1 amide bonds. The van der Waals surface area contributed by atoms with Gasteiger partial charge in [-0.25, -0.2) is 0 Å². The van der Waals surface area contributed by atoms with Crippen molar-refractivity contribution in [3.63, 3.8) is 0 Å². The van der Waals surface area contributed by atoms with Crippen LogP contribution in [0.25, 0.3) is 6.08 Å². The Balaban J connectivity index is 2.05. The molecule has 0 aromatic heterocycles. The minimum absolute atomic E-state index is 0.0844. The van der Waals surface area contributed by atoms with Crippen LogP contribution in [0, 0.1) is 0 Å². The summed E-state index contributed by atoms with van der Waals surface area (Å²) in [7, 11) is 1.62. The first-order chi connectivity index (χ1) is 10.6. The SMILES string of the molecule is COc1cc(/C=C/C(=O)N2CCCCC2)ccc1OC(C)C. The molecule has 0 bridgehead atoms. The van der Waals surface area contributed by atoms with Crippen LogP contribution in [0.15, 0.2) is 24.3 Å². The Labute approximate surface area is 132 Å². The lowest BCUT2D eigenvalue weighted by Gasteiger charge is -2.25. The van der Waals surface area contributed by atoms with Crippen molar-refractivity contribution in [1.82, 2.24) is 4.90 Å². The quantitative estimate of drug-likeness (QED) is 0.781. The fourth-order valence-corrected chi connectivity index (χ4v) is 2.53. The zero-order valence-corrected chi connectivity index (χ0v) is 13.7. The van der Waals surface area contributed by atoms with Gasteiger partial charge in [-0.3, -0.25) is 4.79 Å². The van der Waals surface area contributed by atoms with E-state index in [1.807, 2.05) is 43.0 Å². The standard InChI is InChI=1S/C18H25NO3/c1-14(2)22-16-9-7-15(13-17(16)21-3)8-10-18(20)19-11-5-4-6-12-19/h7-10,13-14H,4-6,11-12H2,1-3H3/b10-8+. The normalized spacial score (nSPS) is 15.4. The van der Waals surface area contributed by atoms with E-state index in [1.54, 1.807) is 13.2 Å². The molecule has 0 atom stereocenters. The molecule has 1 aromatic carbocycles. The molecule has 1 fully saturated rings. The lowest BCUT2D eigenvalue weighted by atomic mass is 10.1. The van der Waals surface area contributed by atoms with Crippen LogP contribution in [0.1, 0.15) is 38.7 Å². The van der Waals surface area contributed by atoms with Crippen LogP contribution in [-0.2, 0) is 4.79 Å². The predicted molar refractivity (Wildman–Crippen MR) is 88.2 cm³/mol. The first-order valence-corrected chi connectivity index (χ1v) is 7.92. The van der Waals surface area contributed by atoms with Gasteiger partial charge in [0.05, 0.1) is 13.2 Å². The fourth-order valence-electron chi connectivity index (χ4n) is 2.53. The third-order valence-electron chi connectivity index (χ3n) is 3.64. The number of nitrogens with zero attached hydrogens (tertiary/aromatic N) is 1. The van der Waals surface area contributed by atoms with Crippen LogP contribution >= 0.6 is 0 Å². The highest BCUT2D eigenvalue weighted by Crippen LogP contribution is 2.29. The van der Waals surface area contributed by atoms with E-state index in [-0.39, 0.29) is 12.0 Å². The number of methoxy groups -OCH3 is 1. The number of carbonyl (C=O) groups is 1. The second kappa shape index (κ2) is 7.87. The first-order valence-electron chi connectivity index (χ1n) is 7.92. The molecule has 0 N–H and O–H groups in total. The van der Waals surface area contributed by atoms with E-state index in [4.69, 9.17) is 9.47 Å². The van der Waals surface area contributed by atoms with Crippen molar-refractivity contribution in [3.05, 3.63) is 29.8 Å². The third-order valence-corrected chi connectivity index (χ3v) is 3.64. The van der Waals surface area contributed by atoms with Crippen molar-refractivity contribution in [2.75, 3.05) is 20.2 Å². The van der Waals surface area contributed by atoms with E-state index in [2.05, 4.69) is 0 Å². The molecule has 1 saturated heterocycles. The van der Waals surface area contributed by atoms with Gasteiger partial charge in [0, 0.05) is 19.2 Å². The summed E-state index contributed by atoms with van der Waals surface area (Å²) in [4.78, 5) is 14.0. The van der Waals surface area contributed by atoms with Crippen molar-refractivity contribution in [1.29, 1.82) is 0 Å². The highest BCUT2D eigenvalue weighted by atomic mass is 16.5. The van der Waals surface area contributed by atoms with Gasteiger partial charge in [-0.2, -0.15) is 0 Å². The highest BCUT2D eigenvalue weighted by Gasteiger charge is 2.13. The summed E-state index contributed by atoms with van der Waals surface area (Å²) in [6.45, 7) is 5.69. The summed E-state index contributed by atoms with van der Waals surface area (Å²) in [5.74, 6) is 1.49. The minimum Gasteiger partial charge on any atom is -0.493 e. The average Bonchev–Trinajstić information content (AvgIpc) is 2.54. The van der Waals surface area contributed by atoms with Crippen LogP contribution in [0.4, 0.5) is 0 Å². The van der Waals surface area contributed by atoms with Gasteiger partial charge in [0.15, 0.2) is 11.5 Å². The molecule has 1 aromatic rings. The van der Waals surface area contributed by atoms with Gasteiger partial charge in [-0.05, 0) is 56.9 Å². The topological polar surface area (TPSA) is 38.8 Å². The predicted octanol–water partition coefficient (Wildman–Crippen LogP) is 3.51. The summed E-state index contributed by atoms with van der Waals surface area (Å²) in [5, 5.41) is 0. The van der Waals surface area contributed by atoms with Crippen molar-refractivity contribution >= 4 is 12.0 Å². The molecule has 2 rings (SSSR count). The molecule has 0 spiro atoms. The largest absolute Gasteiger partial charge is 0.493 e. The lowest BCUT2D eigenvalue weighted by Crippen LogP contribution is -2.34. The summed E-state index contributed by atoms with van der Waals surface area (Å²) in [6, 6.07) is 5.70. The van der Waals surface area contributed by atoms with Gasteiger partial charge in [0.2, 0.25) is 5.91 Å². The maximum Gasteiger partial charge on any atom is 0.246 e. The van der Waals surface area contributed by atoms with Gasteiger partial charge in [-0.1, -0.05) is 6.07 Å². The Morgan fingerprint density at radius 3 is 2.55 bits per heavy atom. The molecular formula is C18H25NO3. The average molecular weight is 303 g/mol. The van der Waals surface area contributed by atoms with Crippen molar-refractivity contribution in [2.24, 2.45) is 0 Å². The van der Waals surface area contributed by atoms with E-state index in [0.29, 0.717) is 5.75 Å². The minimum atomic E-state index is 0.0844. The molecule has 4 heteroatoms. The van der Waals surface area contributed by atoms with Gasteiger partial charge in [0.25, 0.3) is 0 Å². The molecule has 0 saturated carbocycles. The number of benzene rings is 1. The Bertz CT molecular complexity index is 531. The molecule has 0 aliphatic carbocycles. The molecule has 0 unspecified atom stereocenters. The van der Waals surface area contributed by atoms with Crippen molar-refractivity contribution in [3.8, 4) is 11.5 Å². The van der Waals surface area contributed by atoms with E-state index in [9.17, 15) is 4.79 Å². The van der Waals surface area contributed by atoms with Crippen LogP contribution in [0.3, 0.4) is 0 Å². The lowest BCUT2D eigenvalue weighted by molar-refractivity contribution is -0.126. The monoisotopic (exact) mass is 303 g/mol. The third kappa shape index (κ3) is 4.52. The van der Waals surface area contributed by atoms with Gasteiger partial charge >= 0.3 is 0 Å². The van der Waals surface area contributed by atoms with Crippen LogP contribution in [0.2, 0.25) is 0 Å². The summed E-state index contributed by atoms with van der Waals surface area (Å²) in [5.41, 5.74) is 0.929. The number of carbonyl (C=O) groups excluding carboxylic acids is 1. The van der Waals surface area contributed by atoms with Gasteiger partial charge < -0.3 is 14.4 Å². The summed E-state index contributed by atoms with van der Waals surface area (Å²) < 4.78 is 11.0. The Hall–Kier alpha value is -1.97. The first kappa shape index (κ1) is 16.4. The number of hydrogen-bond donors (Lipinski definition) is 0. The maximum atomic E-state index is 12.1. The zero-order chi connectivity index (χ0) is 15.9. The number of likely N-dealkylation sites (tertiary alicyclic amines) is 1. The number of amides is 1. The Morgan fingerprint density at radius 1 is 1.18 bits per heavy atom. The van der Waals surface area contributed by atoms with Crippen molar-refractivity contribution in [2.45, 2.75) is 39.2 Å².